The number of rotatable bonds is 2. The smallest absolute Gasteiger partial charge is 0.138 e. The molecule has 0 saturated carbocycles. The first kappa shape index (κ1) is 13.3. The van der Waals surface area contributed by atoms with E-state index in [4.69, 9.17) is 11.6 Å². The van der Waals surface area contributed by atoms with Crippen molar-refractivity contribution < 1.29 is 0 Å². The van der Waals surface area contributed by atoms with Gasteiger partial charge in [0.1, 0.15) is 16.8 Å². The number of benzene rings is 1. The molecule has 0 radical (unpaired) electrons. The fourth-order valence-electron chi connectivity index (χ4n) is 1.59. The number of nitrogens with zero attached hydrogens (tertiary/aromatic N) is 2. The first-order chi connectivity index (χ1) is 8.49. The lowest BCUT2D eigenvalue weighted by Gasteiger charge is -2.12. The van der Waals surface area contributed by atoms with Crippen LogP contribution in [-0.2, 0) is 0 Å². The Morgan fingerprint density at radius 2 is 1.89 bits per heavy atom. The van der Waals surface area contributed by atoms with Crippen molar-refractivity contribution in [2.45, 2.75) is 20.8 Å². The molecule has 0 saturated heterocycles. The third-order valence-corrected chi connectivity index (χ3v) is 4.06. The van der Waals surface area contributed by atoms with E-state index >= 15 is 0 Å². The second-order valence-corrected chi connectivity index (χ2v) is 5.25. The molecule has 18 heavy (non-hydrogen) atoms. The Balaban J connectivity index is 2.43. The predicted octanol–water partition coefficient (Wildman–Crippen LogP) is 4.56. The van der Waals surface area contributed by atoms with Crippen LogP contribution >= 0.6 is 27.5 Å². The molecular formula is C13H13BrClN3. The largest absolute Gasteiger partial charge is 0.339 e. The van der Waals surface area contributed by atoms with Gasteiger partial charge in [0.15, 0.2) is 0 Å². The summed E-state index contributed by atoms with van der Waals surface area (Å²) in [5, 5.41) is 3.76. The summed E-state index contributed by atoms with van der Waals surface area (Å²) in [7, 11) is 0. The molecule has 0 bridgehead atoms. The molecule has 0 atom stereocenters. The second-order valence-electron chi connectivity index (χ2n) is 4.10. The normalized spacial score (nSPS) is 10.5. The Morgan fingerprint density at radius 1 is 1.17 bits per heavy atom. The molecule has 1 aromatic heterocycles. The fraction of sp³-hybridized carbons (Fsp3) is 0.231. The van der Waals surface area contributed by atoms with Gasteiger partial charge in [-0.05, 0) is 48.3 Å². The van der Waals surface area contributed by atoms with Crippen LogP contribution in [0.25, 0.3) is 0 Å². The molecular weight excluding hydrogens is 314 g/mol. The van der Waals surface area contributed by atoms with Crippen LogP contribution < -0.4 is 5.32 Å². The molecule has 0 spiro atoms. The fourth-order valence-corrected chi connectivity index (χ4v) is 2.16. The Morgan fingerprint density at radius 3 is 2.61 bits per heavy atom. The summed E-state index contributed by atoms with van der Waals surface area (Å²) in [6.45, 7) is 5.76. The lowest BCUT2D eigenvalue weighted by molar-refractivity contribution is 1.04. The number of aryl methyl sites for hydroxylation is 2. The zero-order valence-corrected chi connectivity index (χ0v) is 12.7. The molecule has 2 aromatic rings. The summed E-state index contributed by atoms with van der Waals surface area (Å²) >= 11 is 9.61. The van der Waals surface area contributed by atoms with Gasteiger partial charge in [0.25, 0.3) is 0 Å². The first-order valence-electron chi connectivity index (χ1n) is 5.52. The predicted molar refractivity (Wildman–Crippen MR) is 78.7 cm³/mol. The van der Waals surface area contributed by atoms with E-state index in [0.717, 1.165) is 27.1 Å². The van der Waals surface area contributed by atoms with Gasteiger partial charge in [-0.25, -0.2) is 9.97 Å². The summed E-state index contributed by atoms with van der Waals surface area (Å²) < 4.78 is 1.02. The molecule has 3 nitrogen and oxygen atoms in total. The highest BCUT2D eigenvalue weighted by Gasteiger charge is 2.09. The van der Waals surface area contributed by atoms with Crippen molar-refractivity contribution in [2.24, 2.45) is 0 Å². The van der Waals surface area contributed by atoms with E-state index in [0.29, 0.717) is 11.0 Å². The highest BCUT2D eigenvalue weighted by atomic mass is 79.9. The minimum absolute atomic E-state index is 0.480. The number of nitrogens with one attached hydrogen (secondary N) is 1. The molecule has 0 aliphatic heterocycles. The molecule has 1 aromatic carbocycles. The molecule has 2 rings (SSSR count). The number of aromatic nitrogens is 2. The summed E-state index contributed by atoms with van der Waals surface area (Å²) in [6, 6.07) is 6.02. The van der Waals surface area contributed by atoms with Crippen LogP contribution in [0.5, 0.6) is 0 Å². The van der Waals surface area contributed by atoms with Gasteiger partial charge in [-0.3, -0.25) is 0 Å². The number of anilines is 2. The number of hydrogen-bond acceptors (Lipinski definition) is 3. The zero-order chi connectivity index (χ0) is 13.3. The molecule has 0 fully saturated rings. The van der Waals surface area contributed by atoms with Gasteiger partial charge in [-0.1, -0.05) is 23.7 Å². The highest BCUT2D eigenvalue weighted by Crippen LogP contribution is 2.30. The molecule has 0 amide bonds. The van der Waals surface area contributed by atoms with E-state index in [1.807, 2.05) is 39.0 Å². The molecule has 0 unspecified atom stereocenters. The maximum absolute atomic E-state index is 6.05. The van der Waals surface area contributed by atoms with E-state index in [2.05, 4.69) is 31.2 Å². The Labute approximate surface area is 120 Å². The quantitative estimate of drug-likeness (QED) is 0.822. The van der Waals surface area contributed by atoms with Gasteiger partial charge in [-0.15, -0.1) is 0 Å². The number of hydrogen-bond donors (Lipinski definition) is 1. The summed E-state index contributed by atoms with van der Waals surface area (Å²) in [5.74, 6) is 1.38. The Hall–Kier alpha value is -1.13. The number of halogens is 2. The summed E-state index contributed by atoms with van der Waals surface area (Å²) in [4.78, 5) is 8.49. The van der Waals surface area contributed by atoms with Crippen molar-refractivity contribution in [3.63, 3.8) is 0 Å². The average molecular weight is 327 g/mol. The standard InChI is InChI=1S/C13H13BrClN3/c1-7-5-4-6-10(11(7)14)18-13-8(2)12(15)16-9(3)17-13/h4-6H,1-3H3,(H,16,17,18). The van der Waals surface area contributed by atoms with Crippen LogP contribution in [0, 0.1) is 20.8 Å². The van der Waals surface area contributed by atoms with E-state index in [1.165, 1.54) is 0 Å². The van der Waals surface area contributed by atoms with Crippen LogP contribution in [0.1, 0.15) is 17.0 Å². The lowest BCUT2D eigenvalue weighted by Crippen LogP contribution is -2.02. The van der Waals surface area contributed by atoms with Crippen molar-refractivity contribution in [2.75, 3.05) is 5.32 Å². The average Bonchev–Trinajstić information content (AvgIpc) is 2.31. The molecule has 1 heterocycles. The molecule has 0 aliphatic rings. The van der Waals surface area contributed by atoms with E-state index < -0.39 is 0 Å². The van der Waals surface area contributed by atoms with Gasteiger partial charge in [0.2, 0.25) is 0 Å². The molecule has 1 N–H and O–H groups in total. The highest BCUT2D eigenvalue weighted by molar-refractivity contribution is 9.10. The molecule has 0 aliphatic carbocycles. The third kappa shape index (κ3) is 2.65. The van der Waals surface area contributed by atoms with Crippen LogP contribution in [0.3, 0.4) is 0 Å². The van der Waals surface area contributed by atoms with E-state index in [1.54, 1.807) is 0 Å². The van der Waals surface area contributed by atoms with E-state index in [-0.39, 0.29) is 0 Å². The van der Waals surface area contributed by atoms with Crippen LogP contribution in [0.4, 0.5) is 11.5 Å². The van der Waals surface area contributed by atoms with Crippen LogP contribution in [-0.4, -0.2) is 9.97 Å². The topological polar surface area (TPSA) is 37.8 Å². The van der Waals surface area contributed by atoms with Crippen molar-refractivity contribution in [1.82, 2.24) is 9.97 Å². The second kappa shape index (κ2) is 5.24. The van der Waals surface area contributed by atoms with Crippen molar-refractivity contribution in [1.29, 1.82) is 0 Å². The minimum atomic E-state index is 0.480. The minimum Gasteiger partial charge on any atom is -0.339 e. The monoisotopic (exact) mass is 325 g/mol. The summed E-state index contributed by atoms with van der Waals surface area (Å²) in [5.41, 5.74) is 2.97. The van der Waals surface area contributed by atoms with Crippen LogP contribution in [0.15, 0.2) is 22.7 Å². The SMILES string of the molecule is Cc1nc(Cl)c(C)c(Nc2cccc(C)c2Br)n1. The molecule has 94 valence electrons. The lowest BCUT2D eigenvalue weighted by atomic mass is 10.2. The summed E-state index contributed by atoms with van der Waals surface area (Å²) in [6.07, 6.45) is 0. The first-order valence-corrected chi connectivity index (χ1v) is 6.69. The van der Waals surface area contributed by atoms with Gasteiger partial charge in [-0.2, -0.15) is 0 Å². The maximum Gasteiger partial charge on any atom is 0.138 e. The van der Waals surface area contributed by atoms with Gasteiger partial charge in [0.05, 0.1) is 5.69 Å². The van der Waals surface area contributed by atoms with Gasteiger partial charge < -0.3 is 5.32 Å². The van der Waals surface area contributed by atoms with Crippen molar-refractivity contribution in [3.05, 3.63) is 44.8 Å². The van der Waals surface area contributed by atoms with Gasteiger partial charge >= 0.3 is 0 Å². The Bertz CT molecular complexity index is 599. The zero-order valence-electron chi connectivity index (χ0n) is 10.4. The van der Waals surface area contributed by atoms with Crippen molar-refractivity contribution in [3.8, 4) is 0 Å². The molecule has 5 heteroatoms. The third-order valence-electron chi connectivity index (χ3n) is 2.64. The van der Waals surface area contributed by atoms with Gasteiger partial charge in [0, 0.05) is 10.0 Å². The Kier molecular flexibility index (Phi) is 3.88. The van der Waals surface area contributed by atoms with E-state index in [9.17, 15) is 0 Å². The maximum atomic E-state index is 6.05. The van der Waals surface area contributed by atoms with Crippen molar-refractivity contribution >= 4 is 39.0 Å². The van der Waals surface area contributed by atoms with Crippen LogP contribution in [0.2, 0.25) is 5.15 Å².